The van der Waals surface area contributed by atoms with Crippen molar-refractivity contribution >= 4 is 67.4 Å². The van der Waals surface area contributed by atoms with E-state index in [-0.39, 0.29) is 13.5 Å². The van der Waals surface area contributed by atoms with Crippen LogP contribution in [0.15, 0.2) is 194 Å². The third-order valence-corrected chi connectivity index (χ3v) is 10.4. The van der Waals surface area contributed by atoms with Gasteiger partial charge < -0.3 is 0 Å². The van der Waals surface area contributed by atoms with E-state index in [2.05, 4.69) is 194 Å². The van der Waals surface area contributed by atoms with E-state index < -0.39 is 0 Å². The summed E-state index contributed by atoms with van der Waals surface area (Å²) in [4.78, 5) is 0. The van der Waals surface area contributed by atoms with Gasteiger partial charge in [0.25, 0.3) is 0 Å². The van der Waals surface area contributed by atoms with E-state index in [1.165, 1.54) is 98.4 Å². The van der Waals surface area contributed by atoms with Gasteiger partial charge in [0.05, 0.1) is 0 Å². The summed E-state index contributed by atoms with van der Waals surface area (Å²) in [7, 11) is 0. The van der Waals surface area contributed by atoms with Gasteiger partial charge in [-0.05, 0) is 129 Å². The van der Waals surface area contributed by atoms with Gasteiger partial charge in [-0.2, -0.15) is 13.5 Å². The van der Waals surface area contributed by atoms with E-state index in [4.69, 9.17) is 0 Å². The molecule has 0 aliphatic heterocycles. The third kappa shape index (κ3) is 5.94. The van der Waals surface area contributed by atoms with Crippen molar-refractivity contribution in [3.63, 3.8) is 0 Å². The molecule has 254 valence electrons. The van der Waals surface area contributed by atoms with E-state index in [9.17, 15) is 0 Å². The SMILES string of the molecule is CC.S.c1ccc(-c2cc(-c3ccccc3)cc(-c3c4ccccc4c(-c4cccc5c4ccc4cc6ccccc6cc45)c4ccccc34)c2)cc1. The summed E-state index contributed by atoms with van der Waals surface area (Å²) in [6, 6.07) is 71.4. The van der Waals surface area contributed by atoms with Gasteiger partial charge in [-0.25, -0.2) is 0 Å². The Morgan fingerprint density at radius 1 is 0.245 bits per heavy atom. The first kappa shape index (κ1) is 34.0. The quantitative estimate of drug-likeness (QED) is 0.127. The van der Waals surface area contributed by atoms with Gasteiger partial charge in [0.15, 0.2) is 0 Å². The Balaban J connectivity index is 0.00000131. The first-order valence-corrected chi connectivity index (χ1v) is 18.3. The Kier molecular flexibility index (Phi) is 9.27. The van der Waals surface area contributed by atoms with Crippen LogP contribution in [-0.4, -0.2) is 0 Å². The monoisotopic (exact) mass is 696 g/mol. The van der Waals surface area contributed by atoms with Crippen LogP contribution in [0.2, 0.25) is 0 Å². The maximum atomic E-state index is 2.38. The van der Waals surface area contributed by atoms with Crippen molar-refractivity contribution in [3.8, 4) is 44.5 Å². The molecule has 0 atom stereocenters. The Bertz CT molecular complexity index is 2790. The summed E-state index contributed by atoms with van der Waals surface area (Å²) < 4.78 is 0. The van der Waals surface area contributed by atoms with E-state index in [1.807, 2.05) is 13.8 Å². The molecule has 0 spiro atoms. The molecule has 0 unspecified atom stereocenters. The molecule has 0 saturated carbocycles. The lowest BCUT2D eigenvalue weighted by Gasteiger charge is -2.20. The summed E-state index contributed by atoms with van der Waals surface area (Å²) in [6.07, 6.45) is 0. The van der Waals surface area contributed by atoms with Crippen LogP contribution < -0.4 is 0 Å². The summed E-state index contributed by atoms with van der Waals surface area (Å²) in [5.41, 5.74) is 9.90. The van der Waals surface area contributed by atoms with Gasteiger partial charge >= 0.3 is 0 Å². The number of hydrogen-bond acceptors (Lipinski definition) is 0. The molecule has 1 heteroatoms. The van der Waals surface area contributed by atoms with Crippen LogP contribution >= 0.6 is 13.5 Å². The highest BCUT2D eigenvalue weighted by Gasteiger charge is 2.19. The minimum atomic E-state index is 0. The highest BCUT2D eigenvalue weighted by molar-refractivity contribution is 7.59. The molecule has 0 amide bonds. The fourth-order valence-corrected chi connectivity index (χ4v) is 8.10. The molecule has 0 heterocycles. The number of fused-ring (bicyclic) bond motifs is 6. The lowest BCUT2D eigenvalue weighted by atomic mass is 9.83. The first-order chi connectivity index (χ1) is 25.8. The molecular weight excluding hydrogens is 657 g/mol. The molecule has 10 aromatic rings. The smallest absolute Gasteiger partial charge is 0.00201 e. The molecule has 53 heavy (non-hydrogen) atoms. The molecule has 10 aromatic carbocycles. The molecule has 0 aromatic heterocycles. The molecule has 0 N–H and O–H groups in total. The zero-order valence-electron chi connectivity index (χ0n) is 30.0. The minimum absolute atomic E-state index is 0. The zero-order valence-corrected chi connectivity index (χ0v) is 31.0. The molecule has 0 aliphatic carbocycles. The van der Waals surface area contributed by atoms with Gasteiger partial charge in [0.1, 0.15) is 0 Å². The van der Waals surface area contributed by atoms with E-state index in [0.29, 0.717) is 0 Å². The second kappa shape index (κ2) is 14.5. The zero-order chi connectivity index (χ0) is 35.0. The maximum Gasteiger partial charge on any atom is -0.00201 e. The fraction of sp³-hybridized carbons (Fsp3) is 0.0385. The Labute approximate surface area is 318 Å². The molecule has 0 nitrogen and oxygen atoms in total. The molecule has 0 saturated heterocycles. The molecule has 0 bridgehead atoms. The van der Waals surface area contributed by atoms with Gasteiger partial charge in [-0.1, -0.05) is 178 Å². The van der Waals surface area contributed by atoms with Crippen LogP contribution in [0.3, 0.4) is 0 Å². The first-order valence-electron chi connectivity index (χ1n) is 18.3. The lowest BCUT2D eigenvalue weighted by Crippen LogP contribution is -1.93. The van der Waals surface area contributed by atoms with Crippen LogP contribution in [0.25, 0.3) is 98.4 Å². The second-order valence-corrected chi connectivity index (χ2v) is 13.3. The average Bonchev–Trinajstić information content (AvgIpc) is 3.23. The summed E-state index contributed by atoms with van der Waals surface area (Å²) in [5.74, 6) is 0. The summed E-state index contributed by atoms with van der Waals surface area (Å²) in [5, 5.41) is 12.7. The van der Waals surface area contributed by atoms with Crippen molar-refractivity contribution in [2.75, 3.05) is 0 Å². The van der Waals surface area contributed by atoms with E-state index in [1.54, 1.807) is 0 Å². The van der Waals surface area contributed by atoms with Crippen LogP contribution in [0.1, 0.15) is 13.8 Å². The third-order valence-electron chi connectivity index (χ3n) is 10.4. The van der Waals surface area contributed by atoms with Crippen molar-refractivity contribution in [2.24, 2.45) is 0 Å². The highest BCUT2D eigenvalue weighted by Crippen LogP contribution is 2.47. The van der Waals surface area contributed by atoms with Crippen molar-refractivity contribution in [1.82, 2.24) is 0 Å². The molecular formula is C52H40S. The number of benzene rings is 10. The average molecular weight is 697 g/mol. The van der Waals surface area contributed by atoms with Crippen LogP contribution in [0.4, 0.5) is 0 Å². The van der Waals surface area contributed by atoms with E-state index in [0.717, 1.165) is 0 Å². The molecule has 0 radical (unpaired) electrons. The van der Waals surface area contributed by atoms with Crippen LogP contribution in [0.5, 0.6) is 0 Å². The molecule has 10 rings (SSSR count). The van der Waals surface area contributed by atoms with Gasteiger partial charge in [0.2, 0.25) is 0 Å². The normalized spacial score (nSPS) is 11.1. The maximum absolute atomic E-state index is 2.38. The van der Waals surface area contributed by atoms with Gasteiger partial charge in [0, 0.05) is 0 Å². The standard InChI is InChI=1S/C50H32.C2H6.H2S/c1-3-14-33(15-4-1)38-29-39(34-16-5-2-6-17-34)31-40(30-38)49-44-20-9-11-22-46(44)50(47-23-12-10-21-45(47)49)43-25-13-24-41-42(43)27-26-37-28-35-18-7-8-19-36(35)32-48(37)41;1-2;/h1-32H;1-2H3;1H2. The largest absolute Gasteiger partial charge is 0.197 e. The van der Waals surface area contributed by atoms with Gasteiger partial charge in [-0.3, -0.25) is 0 Å². The van der Waals surface area contributed by atoms with E-state index >= 15 is 0 Å². The number of rotatable bonds is 4. The second-order valence-electron chi connectivity index (χ2n) is 13.3. The highest BCUT2D eigenvalue weighted by atomic mass is 32.1. The Morgan fingerprint density at radius 3 is 1.26 bits per heavy atom. The predicted molar refractivity (Wildman–Crippen MR) is 237 cm³/mol. The topological polar surface area (TPSA) is 0 Å². The Hall–Kier alpha value is -6.15. The van der Waals surface area contributed by atoms with Crippen LogP contribution in [-0.2, 0) is 0 Å². The van der Waals surface area contributed by atoms with Crippen molar-refractivity contribution in [3.05, 3.63) is 194 Å². The summed E-state index contributed by atoms with van der Waals surface area (Å²) in [6.45, 7) is 4.00. The predicted octanol–water partition coefficient (Wildman–Crippen LogP) is 15.3. The van der Waals surface area contributed by atoms with Crippen molar-refractivity contribution in [1.29, 1.82) is 0 Å². The number of hydrogen-bond donors (Lipinski definition) is 0. The van der Waals surface area contributed by atoms with Crippen molar-refractivity contribution in [2.45, 2.75) is 13.8 Å². The van der Waals surface area contributed by atoms with Crippen LogP contribution in [0, 0.1) is 0 Å². The summed E-state index contributed by atoms with van der Waals surface area (Å²) >= 11 is 0. The Morgan fingerprint density at radius 2 is 0.698 bits per heavy atom. The van der Waals surface area contributed by atoms with Crippen molar-refractivity contribution < 1.29 is 0 Å². The fourth-order valence-electron chi connectivity index (χ4n) is 8.10. The minimum Gasteiger partial charge on any atom is -0.197 e. The molecule has 0 fully saturated rings. The lowest BCUT2D eigenvalue weighted by molar-refractivity contribution is 1.50. The van der Waals surface area contributed by atoms with Gasteiger partial charge in [-0.15, -0.1) is 0 Å². The molecule has 0 aliphatic rings.